The fraction of sp³-hybridized carbons (Fsp3) is 1.00. The van der Waals surface area contributed by atoms with E-state index in [0.29, 0.717) is 13.0 Å². The minimum absolute atomic E-state index is 0.565. The van der Waals surface area contributed by atoms with E-state index in [9.17, 15) is 0 Å². The topological polar surface area (TPSA) is 72.2 Å². The highest BCUT2D eigenvalue weighted by Gasteiger charge is 2.20. The van der Waals surface area contributed by atoms with Gasteiger partial charge in [-0.2, -0.15) is 4.91 Å². The Labute approximate surface area is 58.9 Å². The zero-order chi connectivity index (χ0) is 7.40. The van der Waals surface area contributed by atoms with Crippen molar-refractivity contribution < 1.29 is 5.11 Å². The van der Waals surface area contributed by atoms with Gasteiger partial charge in [0.25, 0.3) is 0 Å². The van der Waals surface area contributed by atoms with Crippen LogP contribution in [0.2, 0.25) is 0 Å². The number of nitrogens with zero attached hydrogens (tertiary/aromatic N) is 4. The molecule has 1 aliphatic heterocycles. The molecule has 1 unspecified atom stereocenters. The maximum absolute atomic E-state index is 9.16. The van der Waals surface area contributed by atoms with Crippen molar-refractivity contribution >= 4 is 0 Å². The van der Waals surface area contributed by atoms with Gasteiger partial charge in [-0.3, -0.25) is 0 Å². The summed E-state index contributed by atoms with van der Waals surface area (Å²) in [4.78, 5) is 2.60. The first-order valence-electron chi connectivity index (χ1n) is 3.34. The van der Waals surface area contributed by atoms with Gasteiger partial charge in [-0.1, -0.05) is 0 Å². The van der Waals surface area contributed by atoms with E-state index in [-0.39, 0.29) is 0 Å². The van der Waals surface area contributed by atoms with Crippen molar-refractivity contribution in [1.82, 2.24) is 5.01 Å². The first-order chi connectivity index (χ1) is 4.84. The molecule has 1 fully saturated rings. The lowest BCUT2D eigenvalue weighted by molar-refractivity contribution is -0.0238. The SMILES string of the molecule is [N-]=[N+]=NN1CCCCC1O. The first kappa shape index (κ1) is 7.18. The van der Waals surface area contributed by atoms with Crippen LogP contribution in [0.15, 0.2) is 5.22 Å². The number of aliphatic hydroxyl groups excluding tert-OH is 1. The number of aliphatic hydroxyl groups is 1. The van der Waals surface area contributed by atoms with Crippen molar-refractivity contribution in [3.63, 3.8) is 0 Å². The molecular weight excluding hydrogens is 132 g/mol. The van der Waals surface area contributed by atoms with Gasteiger partial charge < -0.3 is 5.11 Å². The van der Waals surface area contributed by atoms with Gasteiger partial charge in [-0.05, 0) is 18.1 Å². The normalized spacial score (nSPS) is 25.7. The maximum atomic E-state index is 9.16. The summed E-state index contributed by atoms with van der Waals surface area (Å²) in [6.45, 7) is 0.672. The molecule has 0 aromatic rings. The van der Waals surface area contributed by atoms with Crippen molar-refractivity contribution in [3.8, 4) is 0 Å². The average molecular weight is 142 g/mol. The number of rotatable bonds is 1. The van der Waals surface area contributed by atoms with Gasteiger partial charge in [0.1, 0.15) is 0 Å². The standard InChI is InChI=1S/C5H10N4O/c6-7-8-9-4-2-1-3-5(9)10/h5,10H,1-4H2. The Morgan fingerprint density at radius 3 is 3.00 bits per heavy atom. The Morgan fingerprint density at radius 2 is 2.40 bits per heavy atom. The van der Waals surface area contributed by atoms with Gasteiger partial charge in [0.15, 0.2) is 6.23 Å². The second-order valence-electron chi connectivity index (χ2n) is 2.32. The monoisotopic (exact) mass is 142 g/mol. The van der Waals surface area contributed by atoms with E-state index in [1.54, 1.807) is 0 Å². The van der Waals surface area contributed by atoms with Crippen LogP contribution in [-0.2, 0) is 0 Å². The predicted molar refractivity (Wildman–Crippen MR) is 35.7 cm³/mol. The molecule has 56 valence electrons. The Bertz CT molecular complexity index is 154. The summed E-state index contributed by atoms with van der Waals surface area (Å²) in [5.41, 5.74) is 8.04. The highest BCUT2D eigenvalue weighted by molar-refractivity contribution is 4.64. The second-order valence-corrected chi connectivity index (χ2v) is 2.32. The van der Waals surface area contributed by atoms with Gasteiger partial charge in [-0.25, -0.2) is 5.01 Å². The van der Waals surface area contributed by atoms with Gasteiger partial charge in [0.2, 0.25) is 0 Å². The molecule has 1 saturated heterocycles. The summed E-state index contributed by atoms with van der Waals surface area (Å²) in [5, 5.41) is 13.9. The first-order valence-corrected chi connectivity index (χ1v) is 3.34. The third-order valence-corrected chi connectivity index (χ3v) is 1.60. The highest BCUT2D eigenvalue weighted by atomic mass is 16.3. The largest absolute Gasteiger partial charge is 0.355 e. The minimum Gasteiger partial charge on any atom is -0.355 e. The van der Waals surface area contributed by atoms with Crippen LogP contribution in [0.4, 0.5) is 0 Å². The molecule has 0 aromatic carbocycles. The zero-order valence-corrected chi connectivity index (χ0v) is 5.64. The van der Waals surface area contributed by atoms with Crippen LogP contribution in [0, 0.1) is 0 Å². The molecule has 0 aliphatic carbocycles. The molecule has 1 N–H and O–H groups in total. The van der Waals surface area contributed by atoms with Gasteiger partial charge in [-0.15, -0.1) is 5.53 Å². The summed E-state index contributed by atoms with van der Waals surface area (Å²) in [6.07, 6.45) is 2.15. The quantitative estimate of drug-likeness (QED) is 0.337. The van der Waals surface area contributed by atoms with Crippen LogP contribution in [0.25, 0.3) is 10.4 Å². The number of hydrogen-bond acceptors (Lipinski definition) is 2. The molecule has 0 bridgehead atoms. The van der Waals surface area contributed by atoms with Crippen LogP contribution in [-0.4, -0.2) is 22.9 Å². The van der Waals surface area contributed by atoms with Crippen molar-refractivity contribution in [2.45, 2.75) is 25.5 Å². The van der Waals surface area contributed by atoms with E-state index in [1.165, 1.54) is 5.01 Å². The summed E-state index contributed by atoms with van der Waals surface area (Å²) in [6, 6.07) is 0. The molecule has 0 aromatic heterocycles. The molecule has 0 radical (unpaired) electrons. The van der Waals surface area contributed by atoms with E-state index in [0.717, 1.165) is 12.8 Å². The van der Waals surface area contributed by atoms with Crippen LogP contribution in [0.3, 0.4) is 0 Å². The lowest BCUT2D eigenvalue weighted by Gasteiger charge is -2.23. The highest BCUT2D eigenvalue weighted by Crippen LogP contribution is 2.14. The second kappa shape index (κ2) is 3.29. The number of hydrogen-bond donors (Lipinski definition) is 1. The number of piperidine rings is 1. The Balaban J connectivity index is 2.47. The summed E-state index contributed by atoms with van der Waals surface area (Å²) in [5.74, 6) is 0. The van der Waals surface area contributed by atoms with Crippen molar-refractivity contribution in [3.05, 3.63) is 10.4 Å². The third kappa shape index (κ3) is 1.52. The molecule has 1 aliphatic rings. The average Bonchev–Trinajstić information content (AvgIpc) is 1.94. The summed E-state index contributed by atoms with van der Waals surface area (Å²) < 4.78 is 0. The van der Waals surface area contributed by atoms with E-state index in [1.807, 2.05) is 0 Å². The lowest BCUT2D eigenvalue weighted by atomic mass is 10.1. The smallest absolute Gasteiger partial charge is 0.198 e. The Kier molecular flexibility index (Phi) is 2.36. The molecule has 0 amide bonds. The fourth-order valence-corrected chi connectivity index (χ4v) is 1.05. The van der Waals surface area contributed by atoms with E-state index in [2.05, 4.69) is 10.1 Å². The third-order valence-electron chi connectivity index (χ3n) is 1.60. The predicted octanol–water partition coefficient (Wildman–Crippen LogP) is 1.02. The fourth-order valence-electron chi connectivity index (χ4n) is 1.05. The van der Waals surface area contributed by atoms with Crippen molar-refractivity contribution in [2.24, 2.45) is 5.22 Å². The van der Waals surface area contributed by atoms with Gasteiger partial charge in [0.05, 0.1) is 6.54 Å². The van der Waals surface area contributed by atoms with Crippen LogP contribution in [0.5, 0.6) is 0 Å². The molecule has 5 nitrogen and oxygen atoms in total. The lowest BCUT2D eigenvalue weighted by Crippen LogP contribution is -2.34. The molecule has 1 heterocycles. The van der Waals surface area contributed by atoms with Crippen LogP contribution >= 0.6 is 0 Å². The molecule has 0 spiro atoms. The Morgan fingerprint density at radius 1 is 1.60 bits per heavy atom. The van der Waals surface area contributed by atoms with Gasteiger partial charge >= 0.3 is 0 Å². The van der Waals surface area contributed by atoms with Crippen molar-refractivity contribution in [1.29, 1.82) is 0 Å². The molecule has 0 saturated carbocycles. The Hall–Kier alpha value is -0.930. The maximum Gasteiger partial charge on any atom is 0.198 e. The summed E-state index contributed by atoms with van der Waals surface area (Å²) >= 11 is 0. The van der Waals surface area contributed by atoms with Crippen LogP contribution in [0.1, 0.15) is 19.3 Å². The molecule has 1 rings (SSSR count). The molecule has 5 heteroatoms. The van der Waals surface area contributed by atoms with Gasteiger partial charge in [0, 0.05) is 6.42 Å². The van der Waals surface area contributed by atoms with Crippen molar-refractivity contribution in [2.75, 3.05) is 6.54 Å². The van der Waals surface area contributed by atoms with E-state index < -0.39 is 6.23 Å². The zero-order valence-electron chi connectivity index (χ0n) is 5.64. The summed E-state index contributed by atoms with van der Waals surface area (Å²) in [7, 11) is 0. The van der Waals surface area contributed by atoms with E-state index >= 15 is 0 Å². The molecule has 10 heavy (non-hydrogen) atoms. The molecule has 1 atom stereocenters. The molecular formula is C5H10N4O. The minimum atomic E-state index is -0.565. The van der Waals surface area contributed by atoms with Crippen LogP contribution < -0.4 is 0 Å². The van der Waals surface area contributed by atoms with E-state index in [4.69, 9.17) is 10.6 Å². The number of azide groups is 1.